The van der Waals surface area contributed by atoms with Crippen molar-refractivity contribution in [2.75, 3.05) is 13.1 Å². The van der Waals surface area contributed by atoms with E-state index in [9.17, 15) is 8.78 Å². The molecule has 1 fully saturated rings. The second-order valence-electron chi connectivity index (χ2n) is 4.49. The molecule has 1 aromatic carbocycles. The summed E-state index contributed by atoms with van der Waals surface area (Å²) in [6, 6.07) is 3.69. The summed E-state index contributed by atoms with van der Waals surface area (Å²) in [5.41, 5.74) is 0.505. The van der Waals surface area contributed by atoms with Gasteiger partial charge >= 0.3 is 0 Å². The number of hydrogen-bond donors (Lipinski definition) is 1. The molecule has 0 bridgehead atoms. The number of aryl methyl sites for hydroxylation is 1. The van der Waals surface area contributed by atoms with Gasteiger partial charge in [0.15, 0.2) is 0 Å². The molecule has 1 aliphatic rings. The Balaban J connectivity index is 0.00000144. The van der Waals surface area contributed by atoms with Crippen molar-refractivity contribution in [2.24, 2.45) is 5.92 Å². The van der Waals surface area contributed by atoms with E-state index in [1.165, 1.54) is 31.0 Å². The van der Waals surface area contributed by atoms with Crippen LogP contribution in [0.25, 0.3) is 0 Å². The zero-order chi connectivity index (χ0) is 11.4. The predicted molar refractivity (Wildman–Crippen MR) is 67.5 cm³/mol. The van der Waals surface area contributed by atoms with Crippen molar-refractivity contribution in [1.29, 1.82) is 0 Å². The monoisotopic (exact) mass is 261 g/mol. The van der Waals surface area contributed by atoms with Crippen molar-refractivity contribution in [3.05, 3.63) is 35.4 Å². The molecule has 1 heterocycles. The smallest absolute Gasteiger partial charge is 0.126 e. The Bertz CT molecular complexity index is 351. The van der Waals surface area contributed by atoms with Gasteiger partial charge in [0, 0.05) is 0 Å². The van der Waals surface area contributed by atoms with Crippen LogP contribution in [0.5, 0.6) is 0 Å². The Labute approximate surface area is 107 Å². The second-order valence-corrected chi connectivity index (χ2v) is 4.49. The van der Waals surface area contributed by atoms with E-state index < -0.39 is 0 Å². The second kappa shape index (κ2) is 6.92. The molecule has 1 unspecified atom stereocenters. The van der Waals surface area contributed by atoms with Crippen LogP contribution in [0.1, 0.15) is 24.8 Å². The van der Waals surface area contributed by atoms with E-state index in [4.69, 9.17) is 0 Å². The standard InChI is InChI=1S/C13H17F2N.ClH/c14-12-5-6-13(15)11(8-12)4-3-10-2-1-7-16-9-10;/h5-6,8,10,16H,1-4,7,9H2;1H. The minimum absolute atomic E-state index is 0. The van der Waals surface area contributed by atoms with E-state index in [-0.39, 0.29) is 24.0 Å². The summed E-state index contributed by atoms with van der Waals surface area (Å²) in [7, 11) is 0. The first-order valence-corrected chi connectivity index (χ1v) is 5.90. The number of halogens is 3. The molecular weight excluding hydrogens is 244 g/mol. The highest BCUT2D eigenvalue weighted by molar-refractivity contribution is 5.85. The van der Waals surface area contributed by atoms with Crippen LogP contribution in [0.4, 0.5) is 8.78 Å². The largest absolute Gasteiger partial charge is 0.316 e. The average molecular weight is 262 g/mol. The summed E-state index contributed by atoms with van der Waals surface area (Å²) in [6.45, 7) is 2.10. The Hall–Kier alpha value is -0.670. The minimum Gasteiger partial charge on any atom is -0.316 e. The van der Waals surface area contributed by atoms with Crippen LogP contribution in [0, 0.1) is 17.6 Å². The van der Waals surface area contributed by atoms with Crippen molar-refractivity contribution >= 4 is 12.4 Å². The lowest BCUT2D eigenvalue weighted by Gasteiger charge is -2.22. The molecule has 4 heteroatoms. The van der Waals surface area contributed by atoms with Crippen LogP contribution in [0.3, 0.4) is 0 Å². The fourth-order valence-electron chi connectivity index (χ4n) is 2.26. The molecule has 1 aliphatic heterocycles. The third-order valence-corrected chi connectivity index (χ3v) is 3.23. The normalized spacial score (nSPS) is 19.8. The first-order valence-electron chi connectivity index (χ1n) is 5.90. The molecule has 0 aliphatic carbocycles. The maximum atomic E-state index is 13.3. The van der Waals surface area contributed by atoms with Crippen molar-refractivity contribution in [1.82, 2.24) is 5.32 Å². The highest BCUT2D eigenvalue weighted by Gasteiger charge is 2.13. The Morgan fingerprint density at radius 1 is 1.29 bits per heavy atom. The van der Waals surface area contributed by atoms with Gasteiger partial charge in [-0.05, 0) is 68.5 Å². The SMILES string of the molecule is Cl.Fc1ccc(F)c(CCC2CCCNC2)c1. The van der Waals surface area contributed by atoms with Crippen LogP contribution in [0.2, 0.25) is 0 Å². The van der Waals surface area contributed by atoms with E-state index in [1.807, 2.05) is 0 Å². The number of nitrogens with one attached hydrogen (secondary N) is 1. The molecule has 1 aromatic rings. The molecule has 2 rings (SSSR count). The molecule has 1 saturated heterocycles. The molecule has 0 radical (unpaired) electrons. The maximum absolute atomic E-state index is 13.3. The molecule has 1 atom stereocenters. The fraction of sp³-hybridized carbons (Fsp3) is 0.538. The summed E-state index contributed by atoms with van der Waals surface area (Å²) in [4.78, 5) is 0. The van der Waals surface area contributed by atoms with Gasteiger partial charge in [-0.15, -0.1) is 12.4 Å². The van der Waals surface area contributed by atoms with Gasteiger partial charge in [-0.2, -0.15) is 0 Å². The molecular formula is C13H18ClF2N. The molecule has 96 valence electrons. The summed E-state index contributed by atoms with van der Waals surface area (Å²) < 4.78 is 26.3. The van der Waals surface area contributed by atoms with Gasteiger partial charge in [-0.3, -0.25) is 0 Å². The van der Waals surface area contributed by atoms with E-state index in [0.717, 1.165) is 19.5 Å². The van der Waals surface area contributed by atoms with Gasteiger partial charge in [-0.1, -0.05) is 0 Å². The van der Waals surface area contributed by atoms with Crippen molar-refractivity contribution in [2.45, 2.75) is 25.7 Å². The van der Waals surface area contributed by atoms with Crippen LogP contribution in [0.15, 0.2) is 18.2 Å². The molecule has 0 spiro atoms. The van der Waals surface area contributed by atoms with E-state index in [2.05, 4.69) is 5.32 Å². The van der Waals surface area contributed by atoms with Gasteiger partial charge in [0.25, 0.3) is 0 Å². The highest BCUT2D eigenvalue weighted by atomic mass is 35.5. The lowest BCUT2D eigenvalue weighted by Crippen LogP contribution is -2.29. The quantitative estimate of drug-likeness (QED) is 0.880. The molecule has 0 amide bonds. The van der Waals surface area contributed by atoms with Gasteiger partial charge in [-0.25, -0.2) is 8.78 Å². The van der Waals surface area contributed by atoms with Crippen molar-refractivity contribution in [3.63, 3.8) is 0 Å². The predicted octanol–water partition coefficient (Wildman–Crippen LogP) is 3.32. The zero-order valence-electron chi connectivity index (χ0n) is 9.72. The summed E-state index contributed by atoms with van der Waals surface area (Å²) in [5, 5.41) is 3.33. The van der Waals surface area contributed by atoms with Gasteiger partial charge in [0.2, 0.25) is 0 Å². The lowest BCUT2D eigenvalue weighted by atomic mass is 9.92. The Morgan fingerprint density at radius 2 is 2.12 bits per heavy atom. The van der Waals surface area contributed by atoms with Gasteiger partial charge in [0.1, 0.15) is 11.6 Å². The summed E-state index contributed by atoms with van der Waals surface area (Å²) in [6.07, 6.45) is 3.96. The van der Waals surface area contributed by atoms with Gasteiger partial charge < -0.3 is 5.32 Å². The van der Waals surface area contributed by atoms with E-state index in [0.29, 0.717) is 17.9 Å². The maximum Gasteiger partial charge on any atom is 0.126 e. The first kappa shape index (κ1) is 14.4. The first-order chi connectivity index (χ1) is 7.75. The Morgan fingerprint density at radius 3 is 2.82 bits per heavy atom. The van der Waals surface area contributed by atoms with Crippen molar-refractivity contribution in [3.8, 4) is 0 Å². The highest BCUT2D eigenvalue weighted by Crippen LogP contribution is 2.19. The third kappa shape index (κ3) is 4.25. The van der Waals surface area contributed by atoms with Crippen molar-refractivity contribution < 1.29 is 8.78 Å². The number of rotatable bonds is 3. The number of hydrogen-bond acceptors (Lipinski definition) is 1. The minimum atomic E-state index is -0.349. The number of piperidine rings is 1. The summed E-state index contributed by atoms with van der Waals surface area (Å²) >= 11 is 0. The van der Waals surface area contributed by atoms with Crippen LogP contribution >= 0.6 is 12.4 Å². The molecule has 1 N–H and O–H groups in total. The van der Waals surface area contributed by atoms with E-state index in [1.54, 1.807) is 0 Å². The fourth-order valence-corrected chi connectivity index (χ4v) is 2.26. The molecule has 17 heavy (non-hydrogen) atoms. The van der Waals surface area contributed by atoms with Gasteiger partial charge in [0.05, 0.1) is 0 Å². The topological polar surface area (TPSA) is 12.0 Å². The van der Waals surface area contributed by atoms with Crippen LogP contribution in [-0.4, -0.2) is 13.1 Å². The van der Waals surface area contributed by atoms with Crippen LogP contribution < -0.4 is 5.32 Å². The average Bonchev–Trinajstić information content (AvgIpc) is 2.32. The molecule has 0 aromatic heterocycles. The molecule has 1 nitrogen and oxygen atoms in total. The molecule has 0 saturated carbocycles. The zero-order valence-corrected chi connectivity index (χ0v) is 10.5. The third-order valence-electron chi connectivity index (χ3n) is 3.23. The lowest BCUT2D eigenvalue weighted by molar-refractivity contribution is 0.356. The summed E-state index contributed by atoms with van der Waals surface area (Å²) in [5.74, 6) is -0.0280. The van der Waals surface area contributed by atoms with E-state index >= 15 is 0 Å². The number of benzene rings is 1. The Kier molecular flexibility index (Phi) is 5.86. The van der Waals surface area contributed by atoms with Crippen LogP contribution in [-0.2, 0) is 6.42 Å².